The number of aromatic nitrogens is 4. The minimum absolute atomic E-state index is 0.270. The van der Waals surface area contributed by atoms with Crippen molar-refractivity contribution in [2.75, 3.05) is 6.61 Å². The van der Waals surface area contributed by atoms with E-state index in [1.54, 1.807) is 28.4 Å². The Labute approximate surface area is 156 Å². The molecule has 0 radical (unpaired) electrons. The summed E-state index contributed by atoms with van der Waals surface area (Å²) in [6.07, 6.45) is 3.40. The number of halogens is 1. The highest BCUT2D eigenvalue weighted by Gasteiger charge is 2.19. The van der Waals surface area contributed by atoms with Crippen LogP contribution in [0.4, 0.5) is 4.39 Å². The van der Waals surface area contributed by atoms with E-state index >= 15 is 0 Å². The average molecular weight is 371 g/mol. The van der Waals surface area contributed by atoms with E-state index in [0.29, 0.717) is 30.0 Å². The van der Waals surface area contributed by atoms with E-state index in [0.717, 1.165) is 11.3 Å². The van der Waals surface area contributed by atoms with Gasteiger partial charge in [-0.15, -0.1) is 0 Å². The second-order valence-corrected chi connectivity index (χ2v) is 6.13. The molecule has 3 rings (SSSR count). The second-order valence-electron chi connectivity index (χ2n) is 6.13. The van der Waals surface area contributed by atoms with Crippen LogP contribution in [-0.4, -0.2) is 32.1 Å². The van der Waals surface area contributed by atoms with Crippen molar-refractivity contribution >= 4 is 5.97 Å². The molecule has 0 aliphatic rings. The number of carbonyl (C=O) groups is 1. The maximum absolute atomic E-state index is 13.6. The Hall–Kier alpha value is -3.00. The van der Waals surface area contributed by atoms with Crippen molar-refractivity contribution in [2.24, 2.45) is 7.05 Å². The first-order valence-corrected chi connectivity index (χ1v) is 8.69. The van der Waals surface area contributed by atoms with Gasteiger partial charge >= 0.3 is 5.97 Å². The topological polar surface area (TPSA) is 74.0 Å². The lowest BCUT2D eigenvalue weighted by Crippen LogP contribution is -2.19. The zero-order valence-corrected chi connectivity index (χ0v) is 15.6. The third kappa shape index (κ3) is 4.22. The van der Waals surface area contributed by atoms with Gasteiger partial charge in [-0.1, -0.05) is 6.07 Å². The Morgan fingerprint density at radius 3 is 2.81 bits per heavy atom. The van der Waals surface area contributed by atoms with Crippen LogP contribution in [0.1, 0.15) is 34.2 Å². The van der Waals surface area contributed by atoms with E-state index in [4.69, 9.17) is 4.74 Å². The molecule has 142 valence electrons. The van der Waals surface area contributed by atoms with E-state index in [9.17, 15) is 9.18 Å². The summed E-state index contributed by atoms with van der Waals surface area (Å²) in [6, 6.07) is 6.07. The molecule has 0 atom stereocenters. The summed E-state index contributed by atoms with van der Waals surface area (Å²) in [5.74, 6) is -0.819. The largest absolute Gasteiger partial charge is 0.462 e. The Morgan fingerprint density at radius 1 is 1.33 bits per heavy atom. The van der Waals surface area contributed by atoms with Gasteiger partial charge in [0.25, 0.3) is 0 Å². The zero-order valence-electron chi connectivity index (χ0n) is 15.6. The maximum Gasteiger partial charge on any atom is 0.341 e. The molecule has 0 unspecified atom stereocenters. The summed E-state index contributed by atoms with van der Waals surface area (Å²) in [6.45, 7) is 4.90. The van der Waals surface area contributed by atoms with Crippen molar-refractivity contribution in [3.63, 3.8) is 0 Å². The van der Waals surface area contributed by atoms with Gasteiger partial charge in [-0.05, 0) is 32.0 Å². The van der Waals surface area contributed by atoms with E-state index in [-0.39, 0.29) is 12.4 Å². The Morgan fingerprint density at radius 2 is 2.15 bits per heavy atom. The smallest absolute Gasteiger partial charge is 0.341 e. The predicted octanol–water partition coefficient (Wildman–Crippen LogP) is 2.52. The van der Waals surface area contributed by atoms with Crippen LogP contribution in [0, 0.1) is 12.7 Å². The van der Waals surface area contributed by atoms with Crippen molar-refractivity contribution in [3.05, 3.63) is 65.0 Å². The molecule has 0 aliphatic heterocycles. The summed E-state index contributed by atoms with van der Waals surface area (Å²) < 4.78 is 22.1. The third-order valence-corrected chi connectivity index (χ3v) is 4.14. The molecule has 2 heterocycles. The number of carbonyl (C=O) groups excluding carboxylic acids is 1. The first-order valence-electron chi connectivity index (χ1n) is 8.69. The molecule has 1 N–H and O–H groups in total. The number of esters is 1. The Bertz CT molecular complexity index is 947. The Kier molecular flexibility index (Phi) is 5.66. The molecule has 8 heteroatoms. The molecular formula is C19H22FN5O2. The molecular weight excluding hydrogens is 349 g/mol. The van der Waals surface area contributed by atoms with Gasteiger partial charge in [0, 0.05) is 31.9 Å². The monoisotopic (exact) mass is 371 g/mol. The highest BCUT2D eigenvalue weighted by molar-refractivity contribution is 5.90. The summed E-state index contributed by atoms with van der Waals surface area (Å²) in [4.78, 5) is 12.3. The van der Waals surface area contributed by atoms with Gasteiger partial charge in [0.15, 0.2) is 0 Å². The number of rotatable bonds is 7. The van der Waals surface area contributed by atoms with E-state index in [1.165, 1.54) is 18.3 Å². The fourth-order valence-electron chi connectivity index (χ4n) is 2.89. The van der Waals surface area contributed by atoms with Gasteiger partial charge in [-0.3, -0.25) is 4.68 Å². The lowest BCUT2D eigenvalue weighted by molar-refractivity contribution is 0.0525. The molecule has 0 amide bonds. The van der Waals surface area contributed by atoms with Crippen molar-refractivity contribution < 1.29 is 13.9 Å². The molecule has 0 saturated carbocycles. The number of aryl methyl sites for hydroxylation is 2. The Balaban J connectivity index is 1.86. The van der Waals surface area contributed by atoms with Gasteiger partial charge in [0.2, 0.25) is 0 Å². The van der Waals surface area contributed by atoms with Crippen LogP contribution in [0.5, 0.6) is 0 Å². The van der Waals surface area contributed by atoms with E-state index in [1.807, 2.05) is 20.2 Å². The normalized spacial score (nSPS) is 11.0. The van der Waals surface area contributed by atoms with Gasteiger partial charge in [-0.2, -0.15) is 10.2 Å². The van der Waals surface area contributed by atoms with Crippen LogP contribution in [0.3, 0.4) is 0 Å². The fraction of sp³-hybridized carbons (Fsp3) is 0.316. The standard InChI is InChI=1S/C19H22FN5O2/c1-4-27-19(26)17-10-22-25(16-7-5-6-15(20)8-16)18(17)11-21-9-14-12-24(3)23-13(14)2/h5-8,10,12,21H,4,9,11H2,1-3H3. The maximum atomic E-state index is 13.6. The first-order chi connectivity index (χ1) is 13.0. The van der Waals surface area contributed by atoms with Crippen molar-refractivity contribution in [1.82, 2.24) is 24.9 Å². The van der Waals surface area contributed by atoms with E-state index in [2.05, 4.69) is 15.5 Å². The lowest BCUT2D eigenvalue weighted by atomic mass is 10.2. The lowest BCUT2D eigenvalue weighted by Gasteiger charge is -2.11. The average Bonchev–Trinajstić information content (AvgIpc) is 3.18. The third-order valence-electron chi connectivity index (χ3n) is 4.14. The molecule has 27 heavy (non-hydrogen) atoms. The predicted molar refractivity (Wildman–Crippen MR) is 98.0 cm³/mol. The minimum Gasteiger partial charge on any atom is -0.462 e. The number of hydrogen-bond donors (Lipinski definition) is 1. The SMILES string of the molecule is CCOC(=O)c1cnn(-c2cccc(F)c2)c1CNCc1cn(C)nc1C. The van der Waals surface area contributed by atoms with Crippen LogP contribution in [-0.2, 0) is 24.9 Å². The first kappa shape index (κ1) is 18.8. The van der Waals surface area contributed by atoms with Crippen LogP contribution in [0.2, 0.25) is 0 Å². The number of nitrogens with zero attached hydrogens (tertiary/aromatic N) is 4. The summed E-state index contributed by atoms with van der Waals surface area (Å²) in [5, 5.41) is 11.9. The fourth-order valence-corrected chi connectivity index (χ4v) is 2.89. The quantitative estimate of drug-likeness (QED) is 0.646. The molecule has 7 nitrogen and oxygen atoms in total. The van der Waals surface area contributed by atoms with Gasteiger partial charge in [0.1, 0.15) is 11.4 Å². The summed E-state index contributed by atoms with van der Waals surface area (Å²) in [7, 11) is 1.87. The van der Waals surface area contributed by atoms with Crippen molar-refractivity contribution in [3.8, 4) is 5.69 Å². The van der Waals surface area contributed by atoms with Crippen LogP contribution < -0.4 is 5.32 Å². The number of nitrogens with one attached hydrogen (secondary N) is 1. The molecule has 3 aromatic rings. The molecule has 0 aliphatic carbocycles. The molecule has 0 spiro atoms. The van der Waals surface area contributed by atoms with Crippen molar-refractivity contribution in [2.45, 2.75) is 26.9 Å². The highest BCUT2D eigenvalue weighted by Crippen LogP contribution is 2.17. The van der Waals surface area contributed by atoms with Crippen LogP contribution in [0.15, 0.2) is 36.7 Å². The molecule has 0 bridgehead atoms. The molecule has 0 saturated heterocycles. The van der Waals surface area contributed by atoms with Gasteiger partial charge in [-0.25, -0.2) is 13.9 Å². The zero-order chi connectivity index (χ0) is 19.4. The van der Waals surface area contributed by atoms with E-state index < -0.39 is 5.97 Å². The second kappa shape index (κ2) is 8.13. The molecule has 0 fully saturated rings. The highest BCUT2D eigenvalue weighted by atomic mass is 19.1. The summed E-state index contributed by atoms with van der Waals surface area (Å²) >= 11 is 0. The van der Waals surface area contributed by atoms with Gasteiger partial charge in [0.05, 0.1) is 29.9 Å². The number of hydrogen-bond acceptors (Lipinski definition) is 5. The van der Waals surface area contributed by atoms with Crippen LogP contribution in [0.25, 0.3) is 5.69 Å². The van der Waals surface area contributed by atoms with Gasteiger partial charge < -0.3 is 10.1 Å². The summed E-state index contributed by atoms with van der Waals surface area (Å²) in [5.41, 5.74) is 3.51. The number of ether oxygens (including phenoxy) is 1. The van der Waals surface area contributed by atoms with Crippen molar-refractivity contribution in [1.29, 1.82) is 0 Å². The minimum atomic E-state index is -0.450. The molecule has 2 aromatic heterocycles. The molecule has 1 aromatic carbocycles. The van der Waals surface area contributed by atoms with Crippen LogP contribution >= 0.6 is 0 Å². The number of benzene rings is 1.